The minimum atomic E-state index is 0. The van der Waals surface area contributed by atoms with Crippen LogP contribution in [0.15, 0.2) is 33.8 Å². The van der Waals surface area contributed by atoms with Crippen LogP contribution in [0.5, 0.6) is 0 Å². The second kappa shape index (κ2) is 12.1. The van der Waals surface area contributed by atoms with E-state index in [4.69, 9.17) is 20.9 Å². The first-order valence-corrected chi connectivity index (χ1v) is 8.62. The molecule has 9 heteroatoms. The van der Waals surface area contributed by atoms with E-state index in [1.54, 1.807) is 19.2 Å². The summed E-state index contributed by atoms with van der Waals surface area (Å²) >= 11 is 5.99. The Kier molecular flexibility index (Phi) is 10.5. The summed E-state index contributed by atoms with van der Waals surface area (Å²) in [4.78, 5) is 8.91. The predicted molar refractivity (Wildman–Crippen MR) is 114 cm³/mol. The molecule has 1 aromatic carbocycles. The van der Waals surface area contributed by atoms with Crippen molar-refractivity contribution in [2.75, 3.05) is 26.8 Å². The van der Waals surface area contributed by atoms with E-state index in [1.807, 2.05) is 26.0 Å². The van der Waals surface area contributed by atoms with Crippen molar-refractivity contribution in [2.24, 2.45) is 4.99 Å². The molecule has 1 unspecified atom stereocenters. The third-order valence-corrected chi connectivity index (χ3v) is 3.53. The highest BCUT2D eigenvalue weighted by molar-refractivity contribution is 14.0. The highest BCUT2D eigenvalue weighted by Crippen LogP contribution is 2.19. The smallest absolute Gasteiger partial charge is 0.228 e. The molecule has 26 heavy (non-hydrogen) atoms. The SMILES string of the molecule is CCNC(=NCCc1nc(-c2cccc(Cl)c2)no1)NC(C)COC.I. The molecule has 1 heterocycles. The average molecular weight is 494 g/mol. The van der Waals surface area contributed by atoms with Crippen LogP contribution in [0, 0.1) is 0 Å². The minimum absolute atomic E-state index is 0. The first-order valence-electron chi connectivity index (χ1n) is 8.24. The molecule has 0 radical (unpaired) electrons. The molecule has 0 amide bonds. The van der Waals surface area contributed by atoms with E-state index in [-0.39, 0.29) is 30.0 Å². The van der Waals surface area contributed by atoms with Crippen LogP contribution in [-0.2, 0) is 11.2 Å². The molecule has 1 aromatic heterocycles. The molecule has 0 aliphatic heterocycles. The molecular weight excluding hydrogens is 469 g/mol. The Morgan fingerprint density at radius 1 is 1.42 bits per heavy atom. The van der Waals surface area contributed by atoms with Crippen LogP contribution in [0.1, 0.15) is 19.7 Å². The molecule has 0 spiro atoms. The molecule has 2 aromatic rings. The normalized spacial score (nSPS) is 12.4. The second-order valence-electron chi connectivity index (χ2n) is 5.53. The number of hydrogen-bond acceptors (Lipinski definition) is 5. The molecular formula is C17H25ClIN5O2. The minimum Gasteiger partial charge on any atom is -0.383 e. The molecule has 0 fully saturated rings. The Hall–Kier alpha value is -1.39. The molecule has 0 aliphatic rings. The van der Waals surface area contributed by atoms with Crippen molar-refractivity contribution in [3.05, 3.63) is 35.2 Å². The van der Waals surface area contributed by atoms with E-state index in [9.17, 15) is 0 Å². The van der Waals surface area contributed by atoms with Gasteiger partial charge in [0.15, 0.2) is 5.96 Å². The zero-order valence-corrected chi connectivity index (χ0v) is 18.2. The van der Waals surface area contributed by atoms with Gasteiger partial charge in [0.2, 0.25) is 11.7 Å². The van der Waals surface area contributed by atoms with Gasteiger partial charge in [0.1, 0.15) is 0 Å². The largest absolute Gasteiger partial charge is 0.383 e. The van der Waals surface area contributed by atoms with Gasteiger partial charge in [0.25, 0.3) is 0 Å². The number of halogens is 2. The summed E-state index contributed by atoms with van der Waals surface area (Å²) in [6.45, 7) is 5.98. The van der Waals surface area contributed by atoms with Gasteiger partial charge in [-0.3, -0.25) is 4.99 Å². The van der Waals surface area contributed by atoms with Crippen LogP contribution < -0.4 is 10.6 Å². The fourth-order valence-electron chi connectivity index (χ4n) is 2.21. The Labute approximate surface area is 176 Å². The van der Waals surface area contributed by atoms with Crippen molar-refractivity contribution in [2.45, 2.75) is 26.3 Å². The van der Waals surface area contributed by atoms with E-state index in [2.05, 4.69) is 25.8 Å². The van der Waals surface area contributed by atoms with E-state index < -0.39 is 0 Å². The van der Waals surface area contributed by atoms with Crippen molar-refractivity contribution in [3.63, 3.8) is 0 Å². The van der Waals surface area contributed by atoms with Gasteiger partial charge in [-0.2, -0.15) is 4.98 Å². The third-order valence-electron chi connectivity index (χ3n) is 3.29. The number of benzene rings is 1. The van der Waals surface area contributed by atoms with Gasteiger partial charge in [-0.05, 0) is 26.0 Å². The van der Waals surface area contributed by atoms with Crippen LogP contribution in [0.25, 0.3) is 11.4 Å². The van der Waals surface area contributed by atoms with Gasteiger partial charge >= 0.3 is 0 Å². The topological polar surface area (TPSA) is 84.6 Å². The Morgan fingerprint density at radius 2 is 2.23 bits per heavy atom. The number of guanidine groups is 1. The number of ether oxygens (including phenoxy) is 1. The monoisotopic (exact) mass is 493 g/mol. The molecule has 0 saturated carbocycles. The van der Waals surface area contributed by atoms with Gasteiger partial charge in [0, 0.05) is 36.7 Å². The second-order valence-corrected chi connectivity index (χ2v) is 5.97. The van der Waals surface area contributed by atoms with Crippen molar-refractivity contribution < 1.29 is 9.26 Å². The van der Waals surface area contributed by atoms with E-state index in [1.165, 1.54) is 0 Å². The zero-order valence-electron chi connectivity index (χ0n) is 15.2. The number of aromatic nitrogens is 2. The maximum Gasteiger partial charge on any atom is 0.228 e. The van der Waals surface area contributed by atoms with Crippen molar-refractivity contribution in [1.82, 2.24) is 20.8 Å². The summed E-state index contributed by atoms with van der Waals surface area (Å²) < 4.78 is 10.4. The summed E-state index contributed by atoms with van der Waals surface area (Å²) in [5.74, 6) is 1.81. The first-order chi connectivity index (χ1) is 12.1. The van der Waals surface area contributed by atoms with E-state index in [0.717, 1.165) is 18.1 Å². The van der Waals surface area contributed by atoms with Crippen molar-refractivity contribution >= 4 is 41.5 Å². The quantitative estimate of drug-likeness (QED) is 0.334. The number of hydrogen-bond donors (Lipinski definition) is 2. The molecule has 2 rings (SSSR count). The summed E-state index contributed by atoms with van der Waals surface area (Å²) in [6, 6.07) is 7.52. The average Bonchev–Trinajstić information content (AvgIpc) is 3.04. The van der Waals surface area contributed by atoms with Gasteiger partial charge in [-0.15, -0.1) is 24.0 Å². The molecule has 7 nitrogen and oxygen atoms in total. The van der Waals surface area contributed by atoms with E-state index >= 15 is 0 Å². The summed E-state index contributed by atoms with van der Waals surface area (Å²) in [6.07, 6.45) is 0.558. The maximum absolute atomic E-state index is 5.99. The number of methoxy groups -OCH3 is 1. The Bertz CT molecular complexity index is 695. The first kappa shape index (κ1) is 22.7. The number of rotatable bonds is 8. The van der Waals surface area contributed by atoms with E-state index in [0.29, 0.717) is 36.3 Å². The Balaban J connectivity index is 0.00000338. The van der Waals surface area contributed by atoms with Crippen LogP contribution in [0.3, 0.4) is 0 Å². The van der Waals surface area contributed by atoms with Crippen LogP contribution in [0.2, 0.25) is 5.02 Å². The maximum atomic E-state index is 5.99. The molecule has 0 bridgehead atoms. The van der Waals surface area contributed by atoms with Gasteiger partial charge < -0.3 is 19.9 Å². The summed E-state index contributed by atoms with van der Waals surface area (Å²) in [5, 5.41) is 11.1. The fraction of sp³-hybridized carbons (Fsp3) is 0.471. The standard InChI is InChI=1S/C17H24ClN5O2.HI/c1-4-19-17(21-12(2)11-24-3)20-9-8-15-22-16(23-25-15)13-6-5-7-14(18)10-13;/h5-7,10,12H,4,8-9,11H2,1-3H3,(H2,19,20,21);1H. The van der Waals surface area contributed by atoms with Gasteiger partial charge in [-0.25, -0.2) is 0 Å². The predicted octanol–water partition coefficient (Wildman–Crippen LogP) is 3.14. The van der Waals surface area contributed by atoms with Crippen LogP contribution >= 0.6 is 35.6 Å². The van der Waals surface area contributed by atoms with Crippen molar-refractivity contribution in [1.29, 1.82) is 0 Å². The molecule has 144 valence electrons. The third kappa shape index (κ3) is 7.46. The molecule has 1 atom stereocenters. The number of nitrogens with zero attached hydrogens (tertiary/aromatic N) is 3. The highest BCUT2D eigenvalue weighted by atomic mass is 127. The van der Waals surface area contributed by atoms with Crippen LogP contribution in [-0.4, -0.2) is 48.9 Å². The molecule has 2 N–H and O–H groups in total. The highest BCUT2D eigenvalue weighted by Gasteiger charge is 2.09. The fourth-order valence-corrected chi connectivity index (χ4v) is 2.40. The number of nitrogens with one attached hydrogen (secondary N) is 2. The molecule has 0 saturated heterocycles. The lowest BCUT2D eigenvalue weighted by Crippen LogP contribution is -2.44. The number of aliphatic imine (C=N–C) groups is 1. The Morgan fingerprint density at radius 3 is 2.92 bits per heavy atom. The zero-order chi connectivity index (χ0) is 18.1. The van der Waals surface area contributed by atoms with Gasteiger partial charge in [-0.1, -0.05) is 28.9 Å². The van der Waals surface area contributed by atoms with Gasteiger partial charge in [0.05, 0.1) is 13.2 Å². The van der Waals surface area contributed by atoms with Crippen LogP contribution in [0.4, 0.5) is 0 Å². The van der Waals surface area contributed by atoms with Crippen molar-refractivity contribution in [3.8, 4) is 11.4 Å². The summed E-state index contributed by atoms with van der Waals surface area (Å²) in [5.41, 5.74) is 0.828. The lowest BCUT2D eigenvalue weighted by molar-refractivity contribution is 0.179. The summed E-state index contributed by atoms with van der Waals surface area (Å²) in [7, 11) is 1.68. The molecule has 0 aliphatic carbocycles. The lowest BCUT2D eigenvalue weighted by Gasteiger charge is -2.16. The lowest BCUT2D eigenvalue weighted by atomic mass is 10.2.